The third-order valence-corrected chi connectivity index (χ3v) is 4.96. The molecule has 0 aliphatic rings. The molecule has 0 atom stereocenters. The van der Waals surface area contributed by atoms with E-state index in [1.807, 2.05) is 11.5 Å². The maximum absolute atomic E-state index is 11.6. The summed E-state index contributed by atoms with van der Waals surface area (Å²) in [5.41, 5.74) is 2.43. The summed E-state index contributed by atoms with van der Waals surface area (Å²) in [5, 5.41) is 10.0. The van der Waals surface area contributed by atoms with Crippen molar-refractivity contribution in [3.8, 4) is 28.8 Å². The molecule has 1 N–H and O–H groups in total. The fourth-order valence-electron chi connectivity index (χ4n) is 3.54. The molecule has 1 aromatic carbocycles. The smallest absolute Gasteiger partial charge is 0.308 e. The number of nitrogens with one attached hydrogen (secondary N) is 1. The molecule has 0 saturated carbocycles. The molecule has 3 rings (SSSR count). The van der Waals surface area contributed by atoms with E-state index >= 15 is 0 Å². The van der Waals surface area contributed by atoms with E-state index in [1.54, 1.807) is 12.1 Å². The maximum Gasteiger partial charge on any atom is 0.308 e. The van der Waals surface area contributed by atoms with Gasteiger partial charge in [-0.15, -0.1) is 0 Å². The number of rotatable bonds is 9. The second kappa shape index (κ2) is 10.8. The zero-order chi connectivity index (χ0) is 24.0. The Hall–Kier alpha value is -3.55. The summed E-state index contributed by atoms with van der Waals surface area (Å²) in [6.07, 6.45) is 3.04. The predicted molar refractivity (Wildman–Crippen MR) is 123 cm³/mol. The van der Waals surface area contributed by atoms with E-state index in [1.165, 1.54) is 26.2 Å². The first-order chi connectivity index (χ1) is 15.8. The van der Waals surface area contributed by atoms with Gasteiger partial charge >= 0.3 is 11.9 Å². The number of aromatic amines is 1. The third kappa shape index (κ3) is 5.63. The van der Waals surface area contributed by atoms with Crippen LogP contribution in [-0.2, 0) is 20.9 Å². The Morgan fingerprint density at radius 3 is 2.39 bits per heavy atom. The molecule has 2 heterocycles. The standard InChI is InChI=1S/C23H24N4O5S/c1-4-7-30-8-5-6-27-21(19(12-24)20-22(27)23(33)26-13-25-20)16-9-17(31-14(2)28)11-18(10-16)32-15(3)29/h9-11,13H,4-8H2,1-3H3,(H,25,26,33). The van der Waals surface area contributed by atoms with Crippen molar-refractivity contribution >= 4 is 35.2 Å². The van der Waals surface area contributed by atoms with Crippen molar-refractivity contribution in [3.63, 3.8) is 0 Å². The molecule has 0 bridgehead atoms. The molecule has 3 aromatic rings. The van der Waals surface area contributed by atoms with Crippen molar-refractivity contribution in [1.82, 2.24) is 14.5 Å². The van der Waals surface area contributed by atoms with Gasteiger partial charge in [-0.2, -0.15) is 5.26 Å². The number of fused-ring (bicyclic) bond motifs is 1. The first kappa shape index (κ1) is 24.1. The van der Waals surface area contributed by atoms with E-state index in [4.69, 9.17) is 26.4 Å². The van der Waals surface area contributed by atoms with Crippen molar-refractivity contribution in [1.29, 1.82) is 5.26 Å². The van der Waals surface area contributed by atoms with Crippen LogP contribution in [0, 0.1) is 16.0 Å². The molecular weight excluding hydrogens is 444 g/mol. The lowest BCUT2D eigenvalue weighted by Gasteiger charge is -2.14. The molecule has 0 saturated heterocycles. The normalized spacial score (nSPS) is 10.7. The van der Waals surface area contributed by atoms with Crippen LogP contribution in [0.2, 0.25) is 0 Å². The highest BCUT2D eigenvalue weighted by Crippen LogP contribution is 2.37. The van der Waals surface area contributed by atoms with Gasteiger partial charge in [0.1, 0.15) is 38.8 Å². The Morgan fingerprint density at radius 1 is 1.15 bits per heavy atom. The highest BCUT2D eigenvalue weighted by atomic mass is 32.1. The topological polar surface area (TPSA) is 119 Å². The highest BCUT2D eigenvalue weighted by molar-refractivity contribution is 7.71. The lowest BCUT2D eigenvalue weighted by Crippen LogP contribution is -2.07. The first-order valence-electron chi connectivity index (χ1n) is 10.5. The summed E-state index contributed by atoms with van der Waals surface area (Å²) in [6, 6.07) is 6.89. The monoisotopic (exact) mass is 468 g/mol. The number of nitriles is 1. The van der Waals surface area contributed by atoms with Gasteiger partial charge in [-0.25, -0.2) is 4.98 Å². The van der Waals surface area contributed by atoms with Gasteiger partial charge in [-0.1, -0.05) is 19.1 Å². The Balaban J connectivity index is 2.22. The number of hydrogen-bond acceptors (Lipinski definition) is 8. The van der Waals surface area contributed by atoms with Crippen LogP contribution in [0.3, 0.4) is 0 Å². The van der Waals surface area contributed by atoms with Crippen molar-refractivity contribution in [3.05, 3.63) is 34.7 Å². The number of aryl methyl sites for hydroxylation is 1. The fraction of sp³-hybridized carbons (Fsp3) is 0.348. The number of carbonyl (C=O) groups excluding carboxylic acids is 2. The van der Waals surface area contributed by atoms with Crippen LogP contribution in [0.25, 0.3) is 22.3 Å². The van der Waals surface area contributed by atoms with Gasteiger partial charge in [0.05, 0.1) is 12.0 Å². The Kier molecular flexibility index (Phi) is 7.92. The summed E-state index contributed by atoms with van der Waals surface area (Å²) < 4.78 is 18.5. The van der Waals surface area contributed by atoms with Crippen LogP contribution >= 0.6 is 12.2 Å². The van der Waals surface area contributed by atoms with Gasteiger partial charge in [0.15, 0.2) is 0 Å². The molecule has 0 spiro atoms. The summed E-state index contributed by atoms with van der Waals surface area (Å²) in [7, 11) is 0. The molecule has 9 nitrogen and oxygen atoms in total. The molecule has 2 aromatic heterocycles. The first-order valence-corrected chi connectivity index (χ1v) is 10.9. The Bertz CT molecular complexity index is 1250. The van der Waals surface area contributed by atoms with Crippen LogP contribution in [0.1, 0.15) is 39.2 Å². The van der Waals surface area contributed by atoms with Crippen LogP contribution < -0.4 is 9.47 Å². The van der Waals surface area contributed by atoms with E-state index in [9.17, 15) is 14.9 Å². The number of hydrogen-bond donors (Lipinski definition) is 1. The zero-order valence-corrected chi connectivity index (χ0v) is 19.5. The number of aromatic nitrogens is 3. The second-order valence-electron chi connectivity index (χ2n) is 7.26. The lowest BCUT2D eigenvalue weighted by molar-refractivity contribution is -0.132. The van der Waals surface area contributed by atoms with Crippen LogP contribution in [-0.4, -0.2) is 39.7 Å². The van der Waals surface area contributed by atoms with E-state index in [0.717, 1.165) is 6.42 Å². The molecule has 172 valence electrons. The SMILES string of the molecule is CCCOCCCn1c(-c2cc(OC(C)=O)cc(OC(C)=O)c2)c(C#N)c2nc[nH]c(=S)c21. The minimum absolute atomic E-state index is 0.182. The van der Waals surface area contributed by atoms with Crippen LogP contribution in [0.4, 0.5) is 0 Å². The number of H-pyrrole nitrogens is 1. The van der Waals surface area contributed by atoms with E-state index in [-0.39, 0.29) is 11.5 Å². The fourth-order valence-corrected chi connectivity index (χ4v) is 3.80. The highest BCUT2D eigenvalue weighted by Gasteiger charge is 2.22. The minimum Gasteiger partial charge on any atom is -0.427 e. The van der Waals surface area contributed by atoms with Gasteiger partial charge in [-0.3, -0.25) is 9.59 Å². The second-order valence-corrected chi connectivity index (χ2v) is 7.67. The summed E-state index contributed by atoms with van der Waals surface area (Å²) in [6.45, 7) is 6.29. The quantitative estimate of drug-likeness (QED) is 0.214. The van der Waals surface area contributed by atoms with Crippen LogP contribution in [0.5, 0.6) is 11.5 Å². The van der Waals surface area contributed by atoms with Gasteiger partial charge in [0.2, 0.25) is 0 Å². The number of benzene rings is 1. The molecule has 0 unspecified atom stereocenters. The average molecular weight is 469 g/mol. The summed E-state index contributed by atoms with van der Waals surface area (Å²) in [5.74, 6) is -0.694. The number of carbonyl (C=O) groups is 2. The molecule has 33 heavy (non-hydrogen) atoms. The number of nitrogens with zero attached hydrogens (tertiary/aromatic N) is 3. The van der Waals surface area contributed by atoms with Crippen LogP contribution in [0.15, 0.2) is 24.5 Å². The molecular formula is C23H24N4O5S. The largest absolute Gasteiger partial charge is 0.427 e. The van der Waals surface area contributed by atoms with E-state index < -0.39 is 11.9 Å². The van der Waals surface area contributed by atoms with E-state index in [2.05, 4.69) is 16.0 Å². The summed E-state index contributed by atoms with van der Waals surface area (Å²) in [4.78, 5) is 30.4. The van der Waals surface area contributed by atoms with E-state index in [0.29, 0.717) is 58.7 Å². The van der Waals surface area contributed by atoms with Gasteiger partial charge in [0, 0.05) is 45.2 Å². The Labute approximate surface area is 195 Å². The third-order valence-electron chi connectivity index (χ3n) is 4.65. The van der Waals surface area contributed by atoms with Crippen molar-refractivity contribution in [2.24, 2.45) is 0 Å². The van der Waals surface area contributed by atoms with Crippen molar-refractivity contribution < 1.29 is 23.8 Å². The lowest BCUT2D eigenvalue weighted by atomic mass is 10.1. The van der Waals surface area contributed by atoms with Crippen molar-refractivity contribution in [2.75, 3.05) is 13.2 Å². The molecule has 0 aliphatic carbocycles. The zero-order valence-electron chi connectivity index (χ0n) is 18.6. The predicted octanol–water partition coefficient (Wildman–Crippen LogP) is 4.30. The average Bonchev–Trinajstić information content (AvgIpc) is 3.07. The molecule has 0 aliphatic heterocycles. The van der Waals surface area contributed by atoms with Gasteiger partial charge < -0.3 is 23.8 Å². The molecule has 0 fully saturated rings. The minimum atomic E-state index is -0.529. The Morgan fingerprint density at radius 2 is 1.82 bits per heavy atom. The van der Waals surface area contributed by atoms with Crippen molar-refractivity contribution in [2.45, 2.75) is 40.2 Å². The number of ether oxygens (including phenoxy) is 3. The number of esters is 2. The maximum atomic E-state index is 11.6. The van der Waals surface area contributed by atoms with Gasteiger partial charge in [-0.05, 0) is 25.0 Å². The molecule has 0 radical (unpaired) electrons. The molecule has 0 amide bonds. The summed E-state index contributed by atoms with van der Waals surface area (Å²) >= 11 is 5.50. The van der Waals surface area contributed by atoms with Gasteiger partial charge in [0.25, 0.3) is 0 Å². The molecule has 10 heteroatoms.